The van der Waals surface area contributed by atoms with Gasteiger partial charge in [0.15, 0.2) is 5.82 Å². The van der Waals surface area contributed by atoms with E-state index in [-0.39, 0.29) is 18.1 Å². The molecule has 9 heteroatoms. The highest BCUT2D eigenvalue weighted by Gasteiger charge is 2.22. The van der Waals surface area contributed by atoms with E-state index in [0.717, 1.165) is 31.7 Å². The molecule has 0 radical (unpaired) electrons. The second-order valence-electron chi connectivity index (χ2n) is 8.61. The number of aryl methyl sites for hydroxylation is 2. The minimum absolute atomic E-state index is 0.172. The third-order valence-electron chi connectivity index (χ3n) is 6.09. The molecule has 3 heterocycles. The van der Waals surface area contributed by atoms with Crippen molar-refractivity contribution < 1.29 is 4.79 Å². The first-order chi connectivity index (χ1) is 16.5. The molecule has 5 rings (SSSR count). The maximum atomic E-state index is 12.9. The number of carbonyl (C=O) groups is 1. The van der Waals surface area contributed by atoms with Gasteiger partial charge in [0, 0.05) is 49.9 Å². The Morgan fingerprint density at radius 1 is 0.912 bits per heavy atom. The van der Waals surface area contributed by atoms with Crippen LogP contribution in [-0.4, -0.2) is 51.3 Å². The van der Waals surface area contributed by atoms with Gasteiger partial charge in [0.05, 0.1) is 0 Å². The number of piperazine rings is 1. The quantitative estimate of drug-likeness (QED) is 0.495. The predicted molar refractivity (Wildman–Crippen MR) is 133 cm³/mol. The van der Waals surface area contributed by atoms with Crippen molar-refractivity contribution in [3.63, 3.8) is 0 Å². The van der Waals surface area contributed by atoms with Crippen molar-refractivity contribution in [1.82, 2.24) is 19.2 Å². The van der Waals surface area contributed by atoms with Crippen LogP contribution in [0.5, 0.6) is 0 Å². The standard InChI is InChI=1S/C25H27N7O2/c1-18-3-7-20(8-4-18)27-22(33)17-32-25(34)31-12-11-26-23(24(31)28-32)30-15-13-29(14-16-30)21-9-5-19(2)6-10-21/h3-12H,13-17H2,1-2H3,(H,27,33). The summed E-state index contributed by atoms with van der Waals surface area (Å²) in [6, 6.07) is 16.0. The molecule has 2 aromatic heterocycles. The molecule has 0 bridgehead atoms. The van der Waals surface area contributed by atoms with Gasteiger partial charge in [0.1, 0.15) is 6.54 Å². The number of nitrogens with one attached hydrogen (secondary N) is 1. The van der Waals surface area contributed by atoms with Gasteiger partial charge in [-0.2, -0.15) is 0 Å². The number of anilines is 3. The van der Waals surface area contributed by atoms with Crippen molar-refractivity contribution in [3.05, 3.63) is 82.5 Å². The van der Waals surface area contributed by atoms with Crippen LogP contribution in [0.2, 0.25) is 0 Å². The average molecular weight is 458 g/mol. The van der Waals surface area contributed by atoms with E-state index >= 15 is 0 Å². The van der Waals surface area contributed by atoms with Crippen LogP contribution in [0.25, 0.3) is 5.65 Å². The maximum absolute atomic E-state index is 12.9. The van der Waals surface area contributed by atoms with Crippen molar-refractivity contribution in [2.75, 3.05) is 41.3 Å². The second kappa shape index (κ2) is 9.01. The van der Waals surface area contributed by atoms with E-state index in [2.05, 4.69) is 56.4 Å². The summed E-state index contributed by atoms with van der Waals surface area (Å²) in [6.07, 6.45) is 3.19. The Balaban J connectivity index is 1.32. The molecule has 1 N–H and O–H groups in total. The number of rotatable bonds is 5. The number of aromatic nitrogens is 4. The Labute approximate surface area is 197 Å². The molecule has 2 aromatic carbocycles. The van der Waals surface area contributed by atoms with Crippen molar-refractivity contribution in [3.8, 4) is 0 Å². The molecule has 34 heavy (non-hydrogen) atoms. The van der Waals surface area contributed by atoms with Gasteiger partial charge in [-0.3, -0.25) is 4.79 Å². The maximum Gasteiger partial charge on any atom is 0.350 e. The molecule has 1 fully saturated rings. The number of nitrogens with zero attached hydrogens (tertiary/aromatic N) is 6. The summed E-state index contributed by atoms with van der Waals surface area (Å²) in [5.41, 5.74) is 4.33. The minimum atomic E-state index is -0.365. The van der Waals surface area contributed by atoms with Gasteiger partial charge >= 0.3 is 5.69 Å². The molecule has 4 aromatic rings. The number of carbonyl (C=O) groups excluding carboxylic acids is 1. The number of hydrogen-bond donors (Lipinski definition) is 1. The summed E-state index contributed by atoms with van der Waals surface area (Å²) in [4.78, 5) is 34.4. The summed E-state index contributed by atoms with van der Waals surface area (Å²) in [7, 11) is 0. The summed E-state index contributed by atoms with van der Waals surface area (Å²) >= 11 is 0. The van der Waals surface area contributed by atoms with E-state index in [1.54, 1.807) is 12.4 Å². The van der Waals surface area contributed by atoms with Crippen molar-refractivity contribution in [2.45, 2.75) is 20.4 Å². The van der Waals surface area contributed by atoms with Crippen LogP contribution < -0.4 is 20.8 Å². The first kappa shape index (κ1) is 21.7. The fourth-order valence-corrected chi connectivity index (χ4v) is 4.17. The van der Waals surface area contributed by atoms with Gasteiger partial charge in [0.25, 0.3) is 0 Å². The largest absolute Gasteiger partial charge is 0.368 e. The van der Waals surface area contributed by atoms with Crippen LogP contribution in [0.3, 0.4) is 0 Å². The predicted octanol–water partition coefficient (Wildman–Crippen LogP) is 2.47. The molecule has 0 unspecified atom stereocenters. The molecule has 1 amide bonds. The zero-order valence-electron chi connectivity index (χ0n) is 19.3. The summed E-state index contributed by atoms with van der Waals surface area (Å²) in [5, 5.41) is 7.27. The number of hydrogen-bond acceptors (Lipinski definition) is 6. The zero-order valence-corrected chi connectivity index (χ0v) is 19.3. The molecule has 0 saturated carbocycles. The van der Waals surface area contributed by atoms with Crippen molar-refractivity contribution in [2.24, 2.45) is 0 Å². The van der Waals surface area contributed by atoms with Crippen molar-refractivity contribution in [1.29, 1.82) is 0 Å². The Kier molecular flexibility index (Phi) is 5.75. The Morgan fingerprint density at radius 2 is 1.53 bits per heavy atom. The smallest absolute Gasteiger partial charge is 0.350 e. The first-order valence-electron chi connectivity index (χ1n) is 11.4. The van der Waals surface area contributed by atoms with Crippen LogP contribution in [0.1, 0.15) is 11.1 Å². The van der Waals surface area contributed by atoms with E-state index in [1.165, 1.54) is 20.3 Å². The molecular weight excluding hydrogens is 430 g/mol. The summed E-state index contributed by atoms with van der Waals surface area (Å²) in [6.45, 7) is 7.10. The number of amides is 1. The van der Waals surface area contributed by atoms with Gasteiger partial charge in [-0.25, -0.2) is 18.9 Å². The van der Waals surface area contributed by atoms with Gasteiger partial charge in [-0.05, 0) is 38.1 Å². The van der Waals surface area contributed by atoms with E-state index in [0.29, 0.717) is 17.2 Å². The lowest BCUT2D eigenvalue weighted by molar-refractivity contribution is -0.117. The Bertz CT molecular complexity index is 1370. The van der Waals surface area contributed by atoms with E-state index < -0.39 is 0 Å². The highest BCUT2D eigenvalue weighted by Crippen LogP contribution is 2.21. The lowest BCUT2D eigenvalue weighted by atomic mass is 10.2. The lowest BCUT2D eigenvalue weighted by Gasteiger charge is -2.36. The number of fused-ring (bicyclic) bond motifs is 1. The average Bonchev–Trinajstić information content (AvgIpc) is 3.16. The molecular formula is C25H27N7O2. The first-order valence-corrected chi connectivity index (χ1v) is 11.4. The van der Waals surface area contributed by atoms with Crippen LogP contribution in [0.4, 0.5) is 17.2 Å². The van der Waals surface area contributed by atoms with Gasteiger partial charge in [-0.1, -0.05) is 35.4 Å². The van der Waals surface area contributed by atoms with Gasteiger partial charge in [0.2, 0.25) is 11.6 Å². The molecule has 1 aliphatic rings. The van der Waals surface area contributed by atoms with Crippen molar-refractivity contribution >= 4 is 28.7 Å². The molecule has 1 saturated heterocycles. The monoisotopic (exact) mass is 457 g/mol. The number of benzene rings is 2. The van der Waals surface area contributed by atoms with Crippen LogP contribution in [0.15, 0.2) is 65.7 Å². The molecule has 174 valence electrons. The van der Waals surface area contributed by atoms with E-state index in [4.69, 9.17) is 0 Å². The van der Waals surface area contributed by atoms with Gasteiger partial charge < -0.3 is 15.1 Å². The van der Waals surface area contributed by atoms with E-state index in [9.17, 15) is 9.59 Å². The van der Waals surface area contributed by atoms with Crippen LogP contribution >= 0.6 is 0 Å². The SMILES string of the molecule is Cc1ccc(NC(=O)Cn2nc3c(N4CCN(c5ccc(C)cc5)CC4)nccn3c2=O)cc1. The molecule has 1 aliphatic heterocycles. The van der Waals surface area contributed by atoms with Crippen LogP contribution in [-0.2, 0) is 11.3 Å². The normalized spacial score (nSPS) is 13.9. The highest BCUT2D eigenvalue weighted by atomic mass is 16.2. The third-order valence-corrected chi connectivity index (χ3v) is 6.09. The fraction of sp³-hybridized carbons (Fsp3) is 0.280. The second-order valence-corrected chi connectivity index (χ2v) is 8.61. The summed E-state index contributed by atoms with van der Waals surface area (Å²) in [5.74, 6) is 0.344. The fourth-order valence-electron chi connectivity index (χ4n) is 4.17. The molecule has 9 nitrogen and oxygen atoms in total. The zero-order chi connectivity index (χ0) is 23.7. The topological polar surface area (TPSA) is 87.8 Å². The van der Waals surface area contributed by atoms with E-state index in [1.807, 2.05) is 31.2 Å². The highest BCUT2D eigenvalue weighted by molar-refractivity contribution is 5.90. The Hall–Kier alpha value is -4.14. The lowest BCUT2D eigenvalue weighted by Crippen LogP contribution is -2.47. The van der Waals surface area contributed by atoms with Crippen LogP contribution in [0, 0.1) is 13.8 Å². The molecule has 0 atom stereocenters. The molecule has 0 spiro atoms. The summed E-state index contributed by atoms with van der Waals surface area (Å²) < 4.78 is 2.64. The van der Waals surface area contributed by atoms with Gasteiger partial charge in [-0.15, -0.1) is 5.10 Å². The Morgan fingerprint density at radius 3 is 2.21 bits per heavy atom. The third kappa shape index (κ3) is 4.36. The minimum Gasteiger partial charge on any atom is -0.368 e. The molecule has 0 aliphatic carbocycles.